The van der Waals surface area contributed by atoms with Gasteiger partial charge < -0.3 is 19.5 Å². The summed E-state index contributed by atoms with van der Waals surface area (Å²) in [5.74, 6) is 2.87. The van der Waals surface area contributed by atoms with Crippen LogP contribution in [0.25, 0.3) is 0 Å². The number of rotatable bonds is 7. The Morgan fingerprint density at radius 2 is 2.10 bits per heavy atom. The number of benzene rings is 1. The molecule has 0 spiro atoms. The fraction of sp³-hybridized carbons (Fsp3) is 0.647. The van der Waals surface area contributed by atoms with Gasteiger partial charge in [-0.05, 0) is 24.3 Å². The summed E-state index contributed by atoms with van der Waals surface area (Å²) < 4.78 is 16.5. The van der Waals surface area contributed by atoms with E-state index in [1.165, 1.54) is 0 Å². The molecule has 1 saturated heterocycles. The van der Waals surface area contributed by atoms with Crippen LogP contribution in [-0.4, -0.2) is 33.5 Å². The highest BCUT2D eigenvalue weighted by Crippen LogP contribution is 2.27. The highest BCUT2D eigenvalue weighted by Gasteiger charge is 2.30. The minimum absolute atomic E-state index is 0.385. The van der Waals surface area contributed by atoms with Crippen molar-refractivity contribution >= 4 is 0 Å². The fourth-order valence-electron chi connectivity index (χ4n) is 3.00. The minimum atomic E-state index is 0.385. The van der Waals surface area contributed by atoms with Crippen LogP contribution in [0.2, 0.25) is 0 Å². The summed E-state index contributed by atoms with van der Waals surface area (Å²) in [6.45, 7) is 7.14. The first-order valence-electron chi connectivity index (χ1n) is 7.69. The second-order valence-electron chi connectivity index (χ2n) is 5.94. The van der Waals surface area contributed by atoms with Crippen molar-refractivity contribution in [2.24, 2.45) is 11.8 Å². The predicted molar refractivity (Wildman–Crippen MR) is 83.9 cm³/mol. The topological polar surface area (TPSA) is 39.7 Å². The van der Waals surface area contributed by atoms with Crippen molar-refractivity contribution in [1.82, 2.24) is 5.32 Å². The quantitative estimate of drug-likeness (QED) is 0.839. The van der Waals surface area contributed by atoms with E-state index in [0.29, 0.717) is 17.9 Å². The largest absolute Gasteiger partial charge is 0.497 e. The van der Waals surface area contributed by atoms with Gasteiger partial charge in [-0.15, -0.1) is 0 Å². The Morgan fingerprint density at radius 3 is 2.76 bits per heavy atom. The molecule has 0 unspecified atom stereocenters. The number of hydrogen-bond acceptors (Lipinski definition) is 4. The van der Waals surface area contributed by atoms with E-state index in [4.69, 9.17) is 14.2 Å². The van der Waals surface area contributed by atoms with Gasteiger partial charge in [-0.25, -0.2) is 0 Å². The summed E-state index contributed by atoms with van der Waals surface area (Å²) in [5.41, 5.74) is 1.15. The Balaban J connectivity index is 1.88. The number of methoxy groups -OCH3 is 2. The standard InChI is InChI=1S/C17H27NO3/c1-12(2)17-14(7-8-21-17)11-18-10-13-5-6-15(19-3)9-16(13)20-4/h5-6,9,12,14,17-18H,7-8,10-11H2,1-4H3/t14-,17-/m1/s1. The maximum atomic E-state index is 5.82. The first kappa shape index (κ1) is 16.1. The van der Waals surface area contributed by atoms with Crippen molar-refractivity contribution in [1.29, 1.82) is 0 Å². The predicted octanol–water partition coefficient (Wildman–Crippen LogP) is 2.85. The molecule has 1 N–H and O–H groups in total. The van der Waals surface area contributed by atoms with Crippen molar-refractivity contribution in [3.05, 3.63) is 23.8 Å². The molecule has 21 heavy (non-hydrogen) atoms. The summed E-state index contributed by atoms with van der Waals surface area (Å²) in [6.07, 6.45) is 1.53. The van der Waals surface area contributed by atoms with Crippen LogP contribution in [0.1, 0.15) is 25.8 Å². The van der Waals surface area contributed by atoms with E-state index >= 15 is 0 Å². The summed E-state index contributed by atoms with van der Waals surface area (Å²) in [7, 11) is 3.36. The van der Waals surface area contributed by atoms with Gasteiger partial charge in [0, 0.05) is 31.3 Å². The van der Waals surface area contributed by atoms with E-state index < -0.39 is 0 Å². The van der Waals surface area contributed by atoms with E-state index in [9.17, 15) is 0 Å². The van der Waals surface area contributed by atoms with Gasteiger partial charge in [-0.1, -0.05) is 19.9 Å². The van der Waals surface area contributed by atoms with Crippen molar-refractivity contribution < 1.29 is 14.2 Å². The SMILES string of the molecule is COc1ccc(CNC[C@H]2CCO[C@@H]2C(C)C)c(OC)c1. The van der Waals surface area contributed by atoms with Gasteiger partial charge in [0.15, 0.2) is 0 Å². The van der Waals surface area contributed by atoms with Crippen molar-refractivity contribution in [3.63, 3.8) is 0 Å². The number of hydrogen-bond donors (Lipinski definition) is 1. The number of nitrogens with one attached hydrogen (secondary N) is 1. The summed E-state index contributed by atoms with van der Waals surface area (Å²) in [6, 6.07) is 5.94. The molecule has 4 nitrogen and oxygen atoms in total. The molecule has 0 amide bonds. The molecule has 4 heteroatoms. The lowest BCUT2D eigenvalue weighted by atomic mass is 9.93. The zero-order valence-electron chi connectivity index (χ0n) is 13.5. The van der Waals surface area contributed by atoms with Gasteiger partial charge in [0.05, 0.1) is 20.3 Å². The Kier molecular flexibility index (Phi) is 5.88. The lowest BCUT2D eigenvalue weighted by Crippen LogP contribution is -2.31. The third kappa shape index (κ3) is 4.11. The van der Waals surface area contributed by atoms with E-state index in [-0.39, 0.29) is 0 Å². The molecule has 0 saturated carbocycles. The van der Waals surface area contributed by atoms with Crippen LogP contribution < -0.4 is 14.8 Å². The molecule has 1 aliphatic rings. The normalized spacial score (nSPS) is 21.8. The average molecular weight is 293 g/mol. The molecule has 1 heterocycles. The third-order valence-electron chi connectivity index (χ3n) is 4.14. The molecule has 0 radical (unpaired) electrons. The van der Waals surface area contributed by atoms with Crippen LogP contribution in [0.15, 0.2) is 18.2 Å². The van der Waals surface area contributed by atoms with Crippen LogP contribution in [0, 0.1) is 11.8 Å². The van der Waals surface area contributed by atoms with Crippen molar-refractivity contribution in [3.8, 4) is 11.5 Å². The maximum absolute atomic E-state index is 5.82. The molecule has 2 rings (SSSR count). The summed E-state index contributed by atoms with van der Waals surface area (Å²) >= 11 is 0. The molecule has 0 bridgehead atoms. The molecule has 0 aromatic heterocycles. The molecular weight excluding hydrogens is 266 g/mol. The molecule has 1 aliphatic heterocycles. The Morgan fingerprint density at radius 1 is 1.29 bits per heavy atom. The lowest BCUT2D eigenvalue weighted by Gasteiger charge is -2.22. The Labute approximate surface area is 127 Å². The van der Waals surface area contributed by atoms with Gasteiger partial charge in [0.1, 0.15) is 11.5 Å². The highest BCUT2D eigenvalue weighted by molar-refractivity contribution is 5.40. The minimum Gasteiger partial charge on any atom is -0.497 e. The third-order valence-corrected chi connectivity index (χ3v) is 4.14. The average Bonchev–Trinajstić information content (AvgIpc) is 2.96. The molecule has 1 aromatic rings. The second kappa shape index (κ2) is 7.66. The zero-order chi connectivity index (χ0) is 15.2. The second-order valence-corrected chi connectivity index (χ2v) is 5.94. The lowest BCUT2D eigenvalue weighted by molar-refractivity contribution is 0.0539. The van der Waals surface area contributed by atoms with E-state index in [1.54, 1.807) is 14.2 Å². The molecule has 2 atom stereocenters. The van der Waals surface area contributed by atoms with E-state index in [0.717, 1.165) is 43.2 Å². The molecule has 0 aliphatic carbocycles. The van der Waals surface area contributed by atoms with E-state index in [2.05, 4.69) is 25.2 Å². The van der Waals surface area contributed by atoms with Crippen LogP contribution >= 0.6 is 0 Å². The summed E-state index contributed by atoms with van der Waals surface area (Å²) in [4.78, 5) is 0. The van der Waals surface area contributed by atoms with Crippen LogP contribution in [0.4, 0.5) is 0 Å². The highest BCUT2D eigenvalue weighted by atomic mass is 16.5. The maximum Gasteiger partial charge on any atom is 0.127 e. The smallest absolute Gasteiger partial charge is 0.127 e. The first-order valence-corrected chi connectivity index (χ1v) is 7.69. The number of ether oxygens (including phenoxy) is 3. The first-order chi connectivity index (χ1) is 10.2. The van der Waals surface area contributed by atoms with Crippen molar-refractivity contribution in [2.75, 3.05) is 27.4 Å². The van der Waals surface area contributed by atoms with Crippen molar-refractivity contribution in [2.45, 2.75) is 32.9 Å². The molecular formula is C17H27NO3. The van der Waals surface area contributed by atoms with Gasteiger partial charge in [0.2, 0.25) is 0 Å². The molecule has 1 aromatic carbocycles. The molecule has 118 valence electrons. The fourth-order valence-corrected chi connectivity index (χ4v) is 3.00. The van der Waals surface area contributed by atoms with Crippen LogP contribution in [0.3, 0.4) is 0 Å². The van der Waals surface area contributed by atoms with Gasteiger partial charge >= 0.3 is 0 Å². The van der Waals surface area contributed by atoms with Gasteiger partial charge in [-0.2, -0.15) is 0 Å². The zero-order valence-corrected chi connectivity index (χ0v) is 13.5. The van der Waals surface area contributed by atoms with Crippen LogP contribution in [-0.2, 0) is 11.3 Å². The van der Waals surface area contributed by atoms with Gasteiger partial charge in [-0.3, -0.25) is 0 Å². The van der Waals surface area contributed by atoms with Gasteiger partial charge in [0.25, 0.3) is 0 Å². The van der Waals surface area contributed by atoms with Crippen LogP contribution in [0.5, 0.6) is 11.5 Å². The monoisotopic (exact) mass is 293 g/mol. The van der Waals surface area contributed by atoms with E-state index in [1.807, 2.05) is 12.1 Å². The summed E-state index contributed by atoms with van der Waals surface area (Å²) in [5, 5.41) is 3.54. The Bertz CT molecular complexity index is 448. The molecule has 1 fully saturated rings. The Hall–Kier alpha value is -1.26.